The molecule has 9 heteroatoms. The van der Waals surface area contributed by atoms with Crippen molar-refractivity contribution in [2.24, 2.45) is 0 Å². The zero-order valence-corrected chi connectivity index (χ0v) is 15.3. The summed E-state index contributed by atoms with van der Waals surface area (Å²) in [6.07, 6.45) is 3.95. The normalized spacial score (nSPS) is 9.00. The minimum Gasteiger partial charge on any atom is -1.00 e. The number of aryl methyl sites for hydroxylation is 1. The van der Waals surface area contributed by atoms with E-state index in [9.17, 15) is 8.42 Å². The van der Waals surface area contributed by atoms with Crippen molar-refractivity contribution >= 4 is 33.2 Å². The van der Waals surface area contributed by atoms with Crippen molar-refractivity contribution in [2.45, 2.75) is 11.8 Å². The molecule has 0 aliphatic heterocycles. The first-order chi connectivity index (χ1) is 8.08. The third kappa shape index (κ3) is 7.75. The Kier molecular flexibility index (Phi) is 14.4. The summed E-state index contributed by atoms with van der Waals surface area (Å²) in [7, 11) is -3.80. The minimum absolute atomic E-state index is 0. The molecule has 0 unspecified atom stereocenters. The van der Waals surface area contributed by atoms with E-state index in [1.165, 1.54) is 24.4 Å². The van der Waals surface area contributed by atoms with Gasteiger partial charge in [-0.15, -0.1) is 6.07 Å². The summed E-state index contributed by atoms with van der Waals surface area (Å²) < 4.78 is 28.6. The predicted molar refractivity (Wildman–Crippen MR) is 67.8 cm³/mol. The Morgan fingerprint density at radius 1 is 1.10 bits per heavy atom. The molecule has 0 radical (unpaired) electrons. The first kappa shape index (κ1) is 26.0. The van der Waals surface area contributed by atoms with Crippen LogP contribution < -0.4 is 47.9 Å². The maximum atomic E-state index is 11.8. The van der Waals surface area contributed by atoms with Gasteiger partial charge in [-0.1, -0.05) is 23.9 Å². The summed E-state index contributed by atoms with van der Waals surface area (Å²) >= 11 is 0. The van der Waals surface area contributed by atoms with Crippen molar-refractivity contribution in [1.82, 2.24) is 4.98 Å². The molecule has 0 saturated heterocycles. The molecule has 0 spiro atoms. The molecule has 104 valence electrons. The second kappa shape index (κ2) is 11.6. The Morgan fingerprint density at radius 2 is 1.67 bits per heavy atom. The van der Waals surface area contributed by atoms with Crippen LogP contribution in [0, 0.1) is 13.1 Å². The van der Waals surface area contributed by atoms with Crippen molar-refractivity contribution in [3.05, 3.63) is 54.4 Å². The predicted octanol–water partition coefficient (Wildman–Crippen LogP) is -7.41. The fraction of sp³-hybridized carbons (Fsp3) is 0.0833. The van der Waals surface area contributed by atoms with E-state index in [0.717, 1.165) is 5.56 Å². The molecule has 0 aliphatic rings. The smallest absolute Gasteiger partial charge is 1.00 e. The molecule has 2 aromatic rings. The van der Waals surface area contributed by atoms with E-state index in [2.05, 4.69) is 11.2 Å². The monoisotopic (exact) mass is 349 g/mol. The van der Waals surface area contributed by atoms with Crippen molar-refractivity contribution < 1.29 is 56.3 Å². The van der Waals surface area contributed by atoms with E-state index in [1.54, 1.807) is 18.2 Å². The Hall–Kier alpha value is 0.0636. The SMILES string of the molecule is Cc1ccc(S(=O)(=O)Oc2[c-]nccc2)cc1.[Cl-].[Cl-].[Li+].[Mg+2]. The van der Waals surface area contributed by atoms with Crippen LogP contribution in [0.4, 0.5) is 0 Å². The molecule has 21 heavy (non-hydrogen) atoms. The van der Waals surface area contributed by atoms with Gasteiger partial charge in [-0.05, 0) is 25.3 Å². The van der Waals surface area contributed by atoms with Crippen LogP contribution in [0.1, 0.15) is 5.56 Å². The van der Waals surface area contributed by atoms with Crippen LogP contribution in [0.3, 0.4) is 0 Å². The van der Waals surface area contributed by atoms with Gasteiger partial charge in [0, 0.05) is 0 Å². The van der Waals surface area contributed by atoms with Crippen LogP contribution >= 0.6 is 0 Å². The average Bonchev–Trinajstić information content (AvgIpc) is 2.30. The topological polar surface area (TPSA) is 56.3 Å². The van der Waals surface area contributed by atoms with Crippen molar-refractivity contribution in [1.29, 1.82) is 0 Å². The molecule has 0 saturated carbocycles. The number of rotatable bonds is 3. The summed E-state index contributed by atoms with van der Waals surface area (Å²) in [6.45, 7) is 1.88. The average molecular weight is 350 g/mol. The number of aromatic nitrogens is 1. The van der Waals surface area contributed by atoms with Crippen molar-refractivity contribution in [2.75, 3.05) is 0 Å². The van der Waals surface area contributed by atoms with Crippen molar-refractivity contribution in [3.8, 4) is 5.75 Å². The van der Waals surface area contributed by atoms with Gasteiger partial charge < -0.3 is 34.0 Å². The third-order valence-corrected chi connectivity index (χ3v) is 3.34. The van der Waals surface area contributed by atoms with Crippen LogP contribution in [0.5, 0.6) is 5.75 Å². The Labute approximate surface area is 165 Å². The van der Waals surface area contributed by atoms with E-state index >= 15 is 0 Å². The van der Waals surface area contributed by atoms with E-state index in [-0.39, 0.29) is 77.4 Å². The number of hydrogen-bond acceptors (Lipinski definition) is 4. The second-order valence-electron chi connectivity index (χ2n) is 3.46. The largest absolute Gasteiger partial charge is 2.00 e. The minimum atomic E-state index is -3.80. The molecule has 1 aromatic heterocycles. The summed E-state index contributed by atoms with van der Waals surface area (Å²) in [6, 6.07) is 9.49. The Morgan fingerprint density at radius 3 is 2.14 bits per heavy atom. The number of hydrogen-bond donors (Lipinski definition) is 0. The van der Waals surface area contributed by atoms with Crippen LogP contribution in [0.2, 0.25) is 0 Å². The molecule has 0 amide bonds. The van der Waals surface area contributed by atoms with Crippen molar-refractivity contribution in [3.63, 3.8) is 0 Å². The molecule has 2 rings (SSSR count). The standard InChI is InChI=1S/C12H10NO3S.2ClH.Li.Mg/c1-10-4-6-12(7-5-10)17(14,15)16-11-3-2-8-13-9-11;;;;/h2-8H,1H3;2*1H;;/q-1;;;+1;+2/p-2. The number of nitrogens with zero attached hydrogens (tertiary/aromatic N) is 1. The van der Waals surface area contributed by atoms with Crippen LogP contribution in [-0.4, -0.2) is 36.5 Å². The fourth-order valence-electron chi connectivity index (χ4n) is 1.23. The summed E-state index contributed by atoms with van der Waals surface area (Å²) in [5.74, 6) is 0.0769. The molecular weight excluding hydrogens is 340 g/mol. The zero-order chi connectivity index (χ0) is 12.3. The maximum Gasteiger partial charge on any atom is 2.00 e. The van der Waals surface area contributed by atoms with Gasteiger partial charge in [-0.2, -0.15) is 14.5 Å². The molecule has 1 heterocycles. The van der Waals surface area contributed by atoms with Gasteiger partial charge in [0.1, 0.15) is 4.90 Å². The first-order valence-electron chi connectivity index (χ1n) is 4.92. The molecule has 4 nitrogen and oxygen atoms in total. The fourth-order valence-corrected chi connectivity index (χ4v) is 2.12. The summed E-state index contributed by atoms with van der Waals surface area (Å²) in [4.78, 5) is 3.77. The third-order valence-electron chi connectivity index (χ3n) is 2.09. The molecule has 0 N–H and O–H groups in total. The molecule has 0 fully saturated rings. The first-order valence-corrected chi connectivity index (χ1v) is 6.33. The van der Waals surface area contributed by atoms with E-state index in [4.69, 9.17) is 4.18 Å². The van der Waals surface area contributed by atoms with Crippen LogP contribution in [0.25, 0.3) is 0 Å². The zero-order valence-electron chi connectivity index (χ0n) is 11.6. The quantitative estimate of drug-likeness (QED) is 0.314. The van der Waals surface area contributed by atoms with Crippen LogP contribution in [-0.2, 0) is 10.1 Å². The van der Waals surface area contributed by atoms with Gasteiger partial charge >= 0.3 is 52.0 Å². The summed E-state index contributed by atoms with van der Waals surface area (Å²) in [5.41, 5.74) is 0.983. The molecule has 0 aliphatic carbocycles. The van der Waals surface area contributed by atoms with Gasteiger partial charge in [-0.3, -0.25) is 0 Å². The maximum absolute atomic E-state index is 11.8. The van der Waals surface area contributed by atoms with Gasteiger partial charge in [0.2, 0.25) is 0 Å². The second-order valence-corrected chi connectivity index (χ2v) is 5.01. The van der Waals surface area contributed by atoms with Gasteiger partial charge in [0.05, 0.1) is 5.75 Å². The molecular formula is C12H10Cl2LiMgNO3S. The van der Waals surface area contributed by atoms with E-state index in [0.29, 0.717) is 0 Å². The van der Waals surface area contributed by atoms with Crippen LogP contribution in [0.15, 0.2) is 47.5 Å². The Balaban J connectivity index is -0.000000810. The van der Waals surface area contributed by atoms with Gasteiger partial charge in [0.15, 0.2) is 0 Å². The Bertz CT molecular complexity index is 612. The molecule has 0 bridgehead atoms. The summed E-state index contributed by atoms with van der Waals surface area (Å²) in [5, 5.41) is 0. The number of pyridine rings is 1. The van der Waals surface area contributed by atoms with Gasteiger partial charge in [0.25, 0.3) is 0 Å². The van der Waals surface area contributed by atoms with E-state index in [1.807, 2.05) is 6.92 Å². The van der Waals surface area contributed by atoms with E-state index < -0.39 is 10.1 Å². The number of benzene rings is 1. The molecule has 1 aromatic carbocycles. The molecule has 0 atom stereocenters. The number of halogens is 2. The van der Waals surface area contributed by atoms with Gasteiger partial charge in [-0.25, -0.2) is 0 Å².